The molecule has 1 aromatic heterocycles. The predicted octanol–water partition coefficient (Wildman–Crippen LogP) is 2.09. The first kappa shape index (κ1) is 17.4. The topological polar surface area (TPSA) is 67.6 Å². The summed E-state index contributed by atoms with van der Waals surface area (Å²) in [6, 6.07) is 5.83. The Morgan fingerprint density at radius 1 is 1.52 bits per heavy atom. The average Bonchev–Trinajstić information content (AvgIpc) is 3.05. The number of amides is 1. The number of rotatable bonds is 4. The van der Waals surface area contributed by atoms with Crippen molar-refractivity contribution in [2.45, 2.75) is 38.5 Å². The molecule has 2 heterocycles. The maximum absolute atomic E-state index is 13.3. The maximum Gasteiger partial charge on any atom is 0.257 e. The van der Waals surface area contributed by atoms with Crippen LogP contribution in [-0.4, -0.2) is 50.5 Å². The fourth-order valence-corrected chi connectivity index (χ4v) is 3.04. The normalized spacial score (nSPS) is 23.5. The van der Waals surface area contributed by atoms with Gasteiger partial charge in [-0.3, -0.25) is 9.48 Å². The molecule has 1 aromatic carbocycles. The summed E-state index contributed by atoms with van der Waals surface area (Å²) in [4.78, 5) is 14.2. The number of ether oxygens (including phenoxy) is 1. The van der Waals surface area contributed by atoms with Gasteiger partial charge in [-0.2, -0.15) is 5.10 Å². The summed E-state index contributed by atoms with van der Waals surface area (Å²) in [5.41, 5.74) is -0.733. The fourth-order valence-electron chi connectivity index (χ4n) is 3.04. The second-order valence-corrected chi connectivity index (χ2v) is 6.52. The van der Waals surface area contributed by atoms with E-state index in [0.29, 0.717) is 30.8 Å². The lowest BCUT2D eigenvalue weighted by molar-refractivity contribution is -0.0900. The number of hydrogen-bond donors (Lipinski definition) is 1. The van der Waals surface area contributed by atoms with E-state index in [9.17, 15) is 14.3 Å². The zero-order valence-corrected chi connectivity index (χ0v) is 14.4. The van der Waals surface area contributed by atoms with Crippen molar-refractivity contribution >= 4 is 5.91 Å². The Morgan fingerprint density at radius 2 is 2.32 bits per heavy atom. The minimum atomic E-state index is -1.24. The number of carbonyl (C=O) groups excluding carboxylic acids is 1. The van der Waals surface area contributed by atoms with Gasteiger partial charge < -0.3 is 14.7 Å². The monoisotopic (exact) mass is 347 g/mol. The van der Waals surface area contributed by atoms with E-state index in [2.05, 4.69) is 5.10 Å². The largest absolute Gasteiger partial charge is 0.487 e. The molecule has 0 saturated carbocycles. The second kappa shape index (κ2) is 6.84. The minimum Gasteiger partial charge on any atom is -0.487 e. The summed E-state index contributed by atoms with van der Waals surface area (Å²) in [7, 11) is 0. The molecule has 1 aliphatic rings. The SMILES string of the molecule is CCn1cc(C(=O)N2CC[C@H](Oc3cccc(F)c3)[C@@](C)(O)C2)cn1. The summed E-state index contributed by atoms with van der Waals surface area (Å²) in [5.74, 6) is -0.184. The van der Waals surface area contributed by atoms with E-state index in [1.807, 2.05) is 6.92 Å². The van der Waals surface area contributed by atoms with Crippen molar-refractivity contribution in [3.63, 3.8) is 0 Å². The van der Waals surface area contributed by atoms with Crippen LogP contribution < -0.4 is 4.74 Å². The third-order valence-electron chi connectivity index (χ3n) is 4.43. The molecule has 1 N–H and O–H groups in total. The highest BCUT2D eigenvalue weighted by Gasteiger charge is 2.41. The lowest BCUT2D eigenvalue weighted by Crippen LogP contribution is -2.58. The predicted molar refractivity (Wildman–Crippen MR) is 89.9 cm³/mol. The van der Waals surface area contributed by atoms with Crippen LogP contribution in [0.3, 0.4) is 0 Å². The smallest absolute Gasteiger partial charge is 0.257 e. The van der Waals surface area contributed by atoms with E-state index in [4.69, 9.17) is 4.74 Å². The number of aromatic nitrogens is 2. The third kappa shape index (κ3) is 3.82. The minimum absolute atomic E-state index is 0.142. The van der Waals surface area contributed by atoms with Crippen molar-refractivity contribution in [2.24, 2.45) is 0 Å². The van der Waals surface area contributed by atoms with E-state index >= 15 is 0 Å². The summed E-state index contributed by atoms with van der Waals surface area (Å²) < 4.78 is 20.7. The van der Waals surface area contributed by atoms with Crippen molar-refractivity contribution < 1.29 is 19.0 Å². The van der Waals surface area contributed by atoms with Crippen LogP contribution in [0.25, 0.3) is 0 Å². The maximum atomic E-state index is 13.3. The zero-order valence-electron chi connectivity index (χ0n) is 14.4. The highest BCUT2D eigenvalue weighted by Crippen LogP contribution is 2.27. The number of nitrogens with zero attached hydrogens (tertiary/aromatic N) is 3. The molecule has 3 rings (SSSR count). The summed E-state index contributed by atoms with van der Waals surface area (Å²) in [5, 5.41) is 14.9. The number of piperidine rings is 1. The van der Waals surface area contributed by atoms with Crippen molar-refractivity contribution in [1.29, 1.82) is 0 Å². The number of halogens is 1. The molecule has 1 aliphatic heterocycles. The van der Waals surface area contributed by atoms with E-state index in [-0.39, 0.29) is 12.5 Å². The molecule has 0 unspecified atom stereocenters. The van der Waals surface area contributed by atoms with Gasteiger partial charge in [-0.15, -0.1) is 0 Å². The first-order valence-corrected chi connectivity index (χ1v) is 8.35. The molecule has 0 aliphatic carbocycles. The molecule has 7 heteroatoms. The fraction of sp³-hybridized carbons (Fsp3) is 0.444. The number of aliphatic hydroxyl groups is 1. The van der Waals surface area contributed by atoms with Crippen molar-refractivity contribution in [1.82, 2.24) is 14.7 Å². The summed E-state index contributed by atoms with van der Waals surface area (Å²) in [6.45, 7) is 4.86. The number of likely N-dealkylation sites (tertiary alicyclic amines) is 1. The molecule has 1 saturated heterocycles. The van der Waals surface area contributed by atoms with Crippen LogP contribution in [0.4, 0.5) is 4.39 Å². The highest BCUT2D eigenvalue weighted by molar-refractivity contribution is 5.93. The molecule has 0 bridgehead atoms. The highest BCUT2D eigenvalue weighted by atomic mass is 19.1. The van der Waals surface area contributed by atoms with Crippen molar-refractivity contribution in [3.05, 3.63) is 48.0 Å². The molecule has 2 atom stereocenters. The van der Waals surface area contributed by atoms with Gasteiger partial charge in [0.05, 0.1) is 18.3 Å². The molecule has 0 radical (unpaired) electrons. The molecule has 1 fully saturated rings. The lowest BCUT2D eigenvalue weighted by Gasteiger charge is -2.42. The third-order valence-corrected chi connectivity index (χ3v) is 4.43. The van der Waals surface area contributed by atoms with Gasteiger partial charge in [0.15, 0.2) is 0 Å². The van der Waals surface area contributed by atoms with E-state index in [1.54, 1.807) is 34.8 Å². The second-order valence-electron chi connectivity index (χ2n) is 6.52. The molecule has 25 heavy (non-hydrogen) atoms. The molecule has 134 valence electrons. The first-order valence-electron chi connectivity index (χ1n) is 8.35. The van der Waals surface area contributed by atoms with Crippen molar-refractivity contribution in [2.75, 3.05) is 13.1 Å². The van der Waals surface area contributed by atoms with Crippen molar-refractivity contribution in [3.8, 4) is 5.75 Å². The van der Waals surface area contributed by atoms with Crippen LogP contribution in [-0.2, 0) is 6.54 Å². The lowest BCUT2D eigenvalue weighted by atomic mass is 9.91. The molecule has 2 aromatic rings. The van der Waals surface area contributed by atoms with Gasteiger partial charge in [-0.25, -0.2) is 4.39 Å². The zero-order chi connectivity index (χ0) is 18.0. The molecular formula is C18H22FN3O3. The number of carbonyl (C=O) groups is 1. The quantitative estimate of drug-likeness (QED) is 0.920. The van der Waals surface area contributed by atoms with Crippen LogP contribution in [0.1, 0.15) is 30.6 Å². The molecule has 1 amide bonds. The Bertz CT molecular complexity index is 760. The van der Waals surface area contributed by atoms with Gasteiger partial charge in [0.2, 0.25) is 0 Å². The number of aryl methyl sites for hydroxylation is 1. The van der Waals surface area contributed by atoms with Crippen LogP contribution >= 0.6 is 0 Å². The van der Waals surface area contributed by atoms with Gasteiger partial charge >= 0.3 is 0 Å². The van der Waals surface area contributed by atoms with E-state index in [0.717, 1.165) is 0 Å². The average molecular weight is 347 g/mol. The van der Waals surface area contributed by atoms with Gasteiger partial charge in [-0.1, -0.05) is 6.07 Å². The van der Waals surface area contributed by atoms with Crippen LogP contribution in [0, 0.1) is 5.82 Å². The molecule has 6 nitrogen and oxygen atoms in total. The van der Waals surface area contributed by atoms with Crippen LogP contribution in [0.2, 0.25) is 0 Å². The van der Waals surface area contributed by atoms with Gasteiger partial charge in [0, 0.05) is 31.8 Å². The van der Waals surface area contributed by atoms with Crippen LogP contribution in [0.15, 0.2) is 36.7 Å². The van der Waals surface area contributed by atoms with Gasteiger partial charge in [0.1, 0.15) is 23.3 Å². The molecule has 0 spiro atoms. The standard InChI is InChI=1S/C18H22FN3O3/c1-3-22-11-13(10-20-22)17(23)21-8-7-16(18(2,24)12-21)25-15-6-4-5-14(19)9-15/h4-6,9-11,16,24H,3,7-8,12H2,1-2H3/t16-,18-/m0/s1. The summed E-state index contributed by atoms with van der Waals surface area (Å²) >= 11 is 0. The van der Waals surface area contributed by atoms with E-state index in [1.165, 1.54) is 18.3 Å². The number of benzene rings is 1. The number of β-amino-alcohol motifs (C(OH)–C–C–N with tert-alkyl or cyclic N) is 1. The van der Waals surface area contributed by atoms with Gasteiger partial charge in [-0.05, 0) is 26.0 Å². The Morgan fingerprint density at radius 3 is 2.96 bits per heavy atom. The van der Waals surface area contributed by atoms with Crippen LogP contribution in [0.5, 0.6) is 5.75 Å². The molecular weight excluding hydrogens is 325 g/mol. The Hall–Kier alpha value is -2.41. The Kier molecular flexibility index (Phi) is 4.76. The Balaban J connectivity index is 1.68. The van der Waals surface area contributed by atoms with E-state index < -0.39 is 17.5 Å². The van der Waals surface area contributed by atoms with Gasteiger partial charge in [0.25, 0.3) is 5.91 Å². The number of hydrogen-bond acceptors (Lipinski definition) is 4. The summed E-state index contributed by atoms with van der Waals surface area (Å²) in [6.07, 6.45) is 3.18. The Labute approximate surface area is 145 Å². The first-order chi connectivity index (χ1) is 11.9.